The van der Waals surface area contributed by atoms with Gasteiger partial charge in [-0.15, -0.1) is 0 Å². The predicted molar refractivity (Wildman–Crippen MR) is 93.0 cm³/mol. The summed E-state index contributed by atoms with van der Waals surface area (Å²) in [4.78, 5) is 13.7. The lowest BCUT2D eigenvalue weighted by Crippen LogP contribution is -2.33. The molecule has 1 aliphatic heterocycles. The highest BCUT2D eigenvalue weighted by molar-refractivity contribution is 6.30. The first-order chi connectivity index (χ1) is 11.2. The van der Waals surface area contributed by atoms with Gasteiger partial charge in [0.05, 0.1) is 13.2 Å². The fourth-order valence-electron chi connectivity index (χ4n) is 2.99. The van der Waals surface area contributed by atoms with Crippen LogP contribution in [0.1, 0.15) is 18.0 Å². The minimum absolute atomic E-state index is 0.0652. The van der Waals surface area contributed by atoms with Gasteiger partial charge < -0.3 is 14.4 Å². The summed E-state index contributed by atoms with van der Waals surface area (Å²) in [5.41, 5.74) is 2.05. The lowest BCUT2D eigenvalue weighted by Gasteiger charge is -2.37. The number of hydrogen-bond donors (Lipinski definition) is 0. The number of anilines is 1. The summed E-state index contributed by atoms with van der Waals surface area (Å²) in [6, 6.07) is 15.5. The van der Waals surface area contributed by atoms with Crippen LogP contribution < -0.4 is 9.64 Å². The zero-order valence-corrected chi connectivity index (χ0v) is 13.6. The largest absolute Gasteiger partial charge is 0.497 e. The average molecular weight is 328 g/mol. The van der Waals surface area contributed by atoms with Gasteiger partial charge in [0.15, 0.2) is 0 Å². The fraction of sp³-hybridized carbons (Fsp3) is 0.211. The molecule has 0 aliphatic carbocycles. The molecule has 0 unspecified atom stereocenters. The molecule has 0 bridgehead atoms. The topological polar surface area (TPSA) is 29.5 Å². The van der Waals surface area contributed by atoms with E-state index < -0.39 is 0 Å². The number of allylic oxidation sites excluding steroid dienone is 1. The van der Waals surface area contributed by atoms with Gasteiger partial charge in [-0.3, -0.25) is 0 Å². The van der Waals surface area contributed by atoms with Crippen molar-refractivity contribution >= 4 is 23.6 Å². The Bertz CT molecular complexity index is 712. The SMILES string of the molecule is COc1ccc(N2C=CC[C@H](C=O)[C@H]2c2cccc(Cl)c2)cc1. The maximum Gasteiger partial charge on any atom is 0.125 e. The minimum atomic E-state index is -0.111. The van der Waals surface area contributed by atoms with Crippen LogP contribution in [0.25, 0.3) is 0 Å². The molecule has 0 saturated heterocycles. The van der Waals surface area contributed by atoms with Gasteiger partial charge in [-0.2, -0.15) is 0 Å². The van der Waals surface area contributed by atoms with Gasteiger partial charge in [0.2, 0.25) is 0 Å². The van der Waals surface area contributed by atoms with E-state index >= 15 is 0 Å². The normalized spacial score (nSPS) is 20.3. The highest BCUT2D eigenvalue weighted by Crippen LogP contribution is 2.38. The van der Waals surface area contributed by atoms with Crippen LogP contribution in [0, 0.1) is 5.92 Å². The first kappa shape index (κ1) is 15.6. The molecule has 0 radical (unpaired) electrons. The Morgan fingerprint density at radius 1 is 1.22 bits per heavy atom. The molecule has 0 aromatic heterocycles. The molecule has 0 spiro atoms. The standard InChI is InChI=1S/C19H18ClNO2/c1-23-18-9-7-17(8-10-18)21-11-3-5-15(13-22)19(21)14-4-2-6-16(20)12-14/h2-4,6-13,15,19H,5H2,1H3/t15-,19-/m1/s1. The maximum atomic E-state index is 11.6. The van der Waals surface area contributed by atoms with Crippen LogP contribution in [0.4, 0.5) is 5.69 Å². The number of hydrogen-bond acceptors (Lipinski definition) is 3. The van der Waals surface area contributed by atoms with Crippen LogP contribution in [0.5, 0.6) is 5.75 Å². The van der Waals surface area contributed by atoms with Crippen molar-refractivity contribution in [2.75, 3.05) is 12.0 Å². The lowest BCUT2D eigenvalue weighted by atomic mass is 9.87. The second-order valence-electron chi connectivity index (χ2n) is 5.53. The first-order valence-electron chi connectivity index (χ1n) is 7.52. The van der Waals surface area contributed by atoms with Crippen molar-refractivity contribution < 1.29 is 9.53 Å². The number of carbonyl (C=O) groups is 1. The van der Waals surface area contributed by atoms with Gasteiger partial charge in [-0.25, -0.2) is 0 Å². The Morgan fingerprint density at radius 2 is 2.00 bits per heavy atom. The molecule has 1 aliphatic rings. The van der Waals surface area contributed by atoms with Crippen LogP contribution in [0.3, 0.4) is 0 Å². The number of methoxy groups -OCH3 is 1. The highest BCUT2D eigenvalue weighted by atomic mass is 35.5. The second-order valence-corrected chi connectivity index (χ2v) is 5.96. The molecule has 2 aromatic rings. The molecule has 2 aromatic carbocycles. The van der Waals surface area contributed by atoms with E-state index in [9.17, 15) is 4.79 Å². The van der Waals surface area contributed by atoms with Crippen LogP contribution in [-0.4, -0.2) is 13.4 Å². The molecule has 3 rings (SSSR count). The molecule has 4 heteroatoms. The Morgan fingerprint density at radius 3 is 2.65 bits per heavy atom. The summed E-state index contributed by atoms with van der Waals surface area (Å²) < 4.78 is 5.22. The van der Waals surface area contributed by atoms with Crippen molar-refractivity contribution in [2.45, 2.75) is 12.5 Å². The minimum Gasteiger partial charge on any atom is -0.497 e. The Balaban J connectivity index is 2.02. The summed E-state index contributed by atoms with van der Waals surface area (Å²) in [7, 11) is 1.65. The van der Waals surface area contributed by atoms with E-state index in [1.54, 1.807) is 7.11 Å². The zero-order valence-electron chi connectivity index (χ0n) is 12.9. The molecule has 118 valence electrons. The smallest absolute Gasteiger partial charge is 0.125 e. The van der Waals surface area contributed by atoms with E-state index in [1.165, 1.54) is 0 Å². The third kappa shape index (κ3) is 3.25. The number of halogens is 1. The first-order valence-corrected chi connectivity index (χ1v) is 7.90. The van der Waals surface area contributed by atoms with E-state index in [4.69, 9.17) is 16.3 Å². The van der Waals surface area contributed by atoms with Gasteiger partial charge in [0.1, 0.15) is 12.0 Å². The van der Waals surface area contributed by atoms with Gasteiger partial charge >= 0.3 is 0 Å². The third-order valence-electron chi connectivity index (χ3n) is 4.12. The summed E-state index contributed by atoms with van der Waals surface area (Å²) in [5.74, 6) is 0.696. The van der Waals surface area contributed by atoms with Crippen molar-refractivity contribution in [3.05, 3.63) is 71.4 Å². The van der Waals surface area contributed by atoms with E-state index in [0.29, 0.717) is 5.02 Å². The predicted octanol–water partition coefficient (Wildman–Crippen LogP) is 4.63. The van der Waals surface area contributed by atoms with Crippen molar-refractivity contribution in [2.24, 2.45) is 5.92 Å². The molecule has 0 N–H and O–H groups in total. The van der Waals surface area contributed by atoms with Crippen LogP contribution in [0.15, 0.2) is 60.8 Å². The second kappa shape index (κ2) is 6.88. The van der Waals surface area contributed by atoms with Crippen LogP contribution >= 0.6 is 11.6 Å². The quantitative estimate of drug-likeness (QED) is 0.767. The number of benzene rings is 2. The molecule has 2 atom stereocenters. The van der Waals surface area contributed by atoms with Crippen molar-refractivity contribution in [1.82, 2.24) is 0 Å². The summed E-state index contributed by atoms with van der Waals surface area (Å²) >= 11 is 6.15. The molecule has 0 saturated carbocycles. The molecular formula is C19H18ClNO2. The Labute approximate surface area is 141 Å². The molecule has 1 heterocycles. The van der Waals surface area contributed by atoms with Crippen molar-refractivity contribution in [3.8, 4) is 5.75 Å². The molecule has 0 amide bonds. The maximum absolute atomic E-state index is 11.6. The van der Waals surface area contributed by atoms with E-state index in [-0.39, 0.29) is 12.0 Å². The Hall–Kier alpha value is -2.26. The lowest BCUT2D eigenvalue weighted by molar-refractivity contribution is -0.111. The Kier molecular flexibility index (Phi) is 4.68. The van der Waals surface area contributed by atoms with Crippen LogP contribution in [-0.2, 0) is 4.79 Å². The van der Waals surface area contributed by atoms with E-state index in [1.807, 2.05) is 60.8 Å². The number of carbonyl (C=O) groups excluding carboxylic acids is 1. The number of aldehydes is 1. The van der Waals surface area contributed by atoms with Crippen molar-refractivity contribution in [3.63, 3.8) is 0 Å². The van der Waals surface area contributed by atoms with Gasteiger partial charge in [-0.05, 0) is 48.4 Å². The van der Waals surface area contributed by atoms with Gasteiger partial charge in [-0.1, -0.05) is 29.8 Å². The molecule has 0 fully saturated rings. The average Bonchev–Trinajstić information content (AvgIpc) is 2.61. The van der Waals surface area contributed by atoms with Gasteiger partial charge in [0.25, 0.3) is 0 Å². The van der Waals surface area contributed by atoms with Crippen molar-refractivity contribution in [1.29, 1.82) is 0 Å². The number of rotatable bonds is 4. The zero-order chi connectivity index (χ0) is 16.2. The molecular weight excluding hydrogens is 310 g/mol. The van der Waals surface area contributed by atoms with Crippen LogP contribution in [0.2, 0.25) is 5.02 Å². The third-order valence-corrected chi connectivity index (χ3v) is 4.35. The number of nitrogens with zero attached hydrogens (tertiary/aromatic N) is 1. The highest BCUT2D eigenvalue weighted by Gasteiger charge is 2.30. The molecule has 23 heavy (non-hydrogen) atoms. The fourth-order valence-corrected chi connectivity index (χ4v) is 3.19. The van der Waals surface area contributed by atoms with E-state index in [0.717, 1.165) is 29.7 Å². The summed E-state index contributed by atoms with van der Waals surface area (Å²) in [5, 5.41) is 0.677. The van der Waals surface area contributed by atoms with Gasteiger partial charge in [0, 0.05) is 22.8 Å². The number of ether oxygens (including phenoxy) is 1. The molecule has 3 nitrogen and oxygen atoms in total. The summed E-state index contributed by atoms with van der Waals surface area (Å²) in [6.07, 6.45) is 5.83. The monoisotopic (exact) mass is 327 g/mol. The van der Waals surface area contributed by atoms with E-state index in [2.05, 4.69) is 4.90 Å². The summed E-state index contributed by atoms with van der Waals surface area (Å²) in [6.45, 7) is 0.